The SMILES string of the molecule is CC(C)(C)c1cccc(C2c3ccccc3-c3ccc(Sc4cccc(N5CN(c6c(-c7ccccc7)cccc6-c6ccccc6)c6ccccc65)c4)cc32)c1. The molecule has 8 aromatic rings. The van der Waals surface area contributed by atoms with E-state index < -0.39 is 0 Å². The molecule has 1 heterocycles. The Kier molecular flexibility index (Phi) is 8.84. The molecule has 0 saturated carbocycles. The molecule has 0 spiro atoms. The van der Waals surface area contributed by atoms with E-state index in [1.807, 2.05) is 11.8 Å². The molecule has 2 nitrogen and oxygen atoms in total. The molecule has 0 fully saturated rings. The molecule has 1 unspecified atom stereocenters. The van der Waals surface area contributed by atoms with Crippen LogP contribution in [-0.2, 0) is 5.41 Å². The first-order valence-corrected chi connectivity index (χ1v) is 20.7. The van der Waals surface area contributed by atoms with Gasteiger partial charge in [0.1, 0.15) is 6.67 Å². The normalized spacial score (nSPS) is 14.3. The molecule has 1 aliphatic heterocycles. The second-order valence-electron chi connectivity index (χ2n) is 16.2. The number of hydrogen-bond donors (Lipinski definition) is 0. The quantitative estimate of drug-likeness (QED) is 0.160. The molecule has 1 atom stereocenters. The van der Waals surface area contributed by atoms with Crippen molar-refractivity contribution in [3.05, 3.63) is 216 Å². The van der Waals surface area contributed by atoms with Crippen LogP contribution < -0.4 is 9.80 Å². The highest BCUT2D eigenvalue weighted by molar-refractivity contribution is 7.99. The van der Waals surface area contributed by atoms with Crippen LogP contribution in [0.25, 0.3) is 33.4 Å². The van der Waals surface area contributed by atoms with Gasteiger partial charge in [-0.25, -0.2) is 0 Å². The Hall–Kier alpha value is -6.29. The molecule has 0 saturated heterocycles. The third-order valence-corrected chi connectivity index (χ3v) is 12.5. The molecule has 0 N–H and O–H groups in total. The third-order valence-electron chi connectivity index (χ3n) is 11.6. The van der Waals surface area contributed by atoms with Crippen LogP contribution in [0.3, 0.4) is 0 Å². The van der Waals surface area contributed by atoms with Gasteiger partial charge in [-0.15, -0.1) is 0 Å². The van der Waals surface area contributed by atoms with Crippen molar-refractivity contribution in [1.82, 2.24) is 0 Å². The molecule has 57 heavy (non-hydrogen) atoms. The molecule has 2 aliphatic rings. The molecule has 276 valence electrons. The maximum Gasteiger partial charge on any atom is 0.100 e. The number of hydrogen-bond acceptors (Lipinski definition) is 3. The van der Waals surface area contributed by atoms with Crippen molar-refractivity contribution in [2.75, 3.05) is 16.5 Å². The summed E-state index contributed by atoms with van der Waals surface area (Å²) in [5.41, 5.74) is 18.0. The first-order chi connectivity index (χ1) is 27.9. The number of benzene rings is 8. The molecular formula is C54H44N2S. The first kappa shape index (κ1) is 35.1. The van der Waals surface area contributed by atoms with Crippen molar-refractivity contribution in [2.45, 2.75) is 41.9 Å². The number of para-hydroxylation sites is 3. The summed E-state index contributed by atoms with van der Waals surface area (Å²) in [5.74, 6) is 0.206. The van der Waals surface area contributed by atoms with E-state index >= 15 is 0 Å². The third kappa shape index (κ3) is 6.42. The van der Waals surface area contributed by atoms with E-state index in [1.165, 1.54) is 88.2 Å². The van der Waals surface area contributed by atoms with E-state index in [9.17, 15) is 0 Å². The van der Waals surface area contributed by atoms with Crippen molar-refractivity contribution in [3.8, 4) is 33.4 Å². The fraction of sp³-hybridized carbons (Fsp3) is 0.111. The molecule has 10 rings (SSSR count). The average molecular weight is 753 g/mol. The predicted molar refractivity (Wildman–Crippen MR) is 241 cm³/mol. The van der Waals surface area contributed by atoms with Gasteiger partial charge in [-0.3, -0.25) is 0 Å². The highest BCUT2D eigenvalue weighted by atomic mass is 32.2. The predicted octanol–water partition coefficient (Wildman–Crippen LogP) is 14.9. The van der Waals surface area contributed by atoms with Gasteiger partial charge in [0.05, 0.1) is 17.1 Å². The Morgan fingerprint density at radius 2 is 1.04 bits per heavy atom. The van der Waals surface area contributed by atoms with Gasteiger partial charge in [0.25, 0.3) is 0 Å². The van der Waals surface area contributed by atoms with Crippen molar-refractivity contribution in [3.63, 3.8) is 0 Å². The maximum absolute atomic E-state index is 2.51. The average Bonchev–Trinajstić information content (AvgIpc) is 3.80. The Labute approximate surface area is 341 Å². The van der Waals surface area contributed by atoms with Gasteiger partial charge in [-0.2, -0.15) is 0 Å². The Morgan fingerprint density at radius 1 is 0.456 bits per heavy atom. The van der Waals surface area contributed by atoms with Crippen LogP contribution in [0.5, 0.6) is 0 Å². The lowest BCUT2D eigenvalue weighted by Crippen LogP contribution is -2.25. The second-order valence-corrected chi connectivity index (χ2v) is 17.3. The van der Waals surface area contributed by atoms with Crippen molar-refractivity contribution in [2.24, 2.45) is 0 Å². The molecule has 8 aromatic carbocycles. The van der Waals surface area contributed by atoms with E-state index in [-0.39, 0.29) is 11.3 Å². The summed E-state index contributed by atoms with van der Waals surface area (Å²) in [5, 5.41) is 0. The molecule has 0 amide bonds. The minimum absolute atomic E-state index is 0.0853. The fourth-order valence-electron chi connectivity index (χ4n) is 8.81. The molecule has 0 aromatic heterocycles. The van der Waals surface area contributed by atoms with E-state index in [1.54, 1.807) is 0 Å². The maximum atomic E-state index is 2.51. The van der Waals surface area contributed by atoms with Crippen LogP contribution >= 0.6 is 11.8 Å². The molecule has 1 aliphatic carbocycles. The summed E-state index contributed by atoms with van der Waals surface area (Å²) in [6.45, 7) is 7.60. The summed E-state index contributed by atoms with van der Waals surface area (Å²) in [4.78, 5) is 7.45. The second kappa shape index (κ2) is 14.3. The highest BCUT2D eigenvalue weighted by Crippen LogP contribution is 2.52. The van der Waals surface area contributed by atoms with Crippen LogP contribution in [0.4, 0.5) is 22.7 Å². The standard InChI is InChI=1S/C54H44N2S/c1-54(2,3)40-22-14-21-39(33-40)52-48-26-11-10-25-46(48)47-32-31-43(35-49(47)52)57-42-24-15-23-41(34-42)55-36-56(51-30-13-12-29-50(51)55)53-44(37-17-6-4-7-18-37)27-16-28-45(53)38-19-8-5-9-20-38/h4-35,52H,36H2,1-3H3. The van der Waals surface area contributed by atoms with E-state index in [0.29, 0.717) is 6.67 Å². The zero-order valence-corrected chi connectivity index (χ0v) is 33.4. The van der Waals surface area contributed by atoms with Gasteiger partial charge in [-0.05, 0) is 92.4 Å². The molecular weight excluding hydrogens is 709 g/mol. The zero-order chi connectivity index (χ0) is 38.5. The lowest BCUT2D eigenvalue weighted by Gasteiger charge is -2.27. The topological polar surface area (TPSA) is 6.48 Å². The van der Waals surface area contributed by atoms with Crippen molar-refractivity contribution in [1.29, 1.82) is 0 Å². The summed E-state index contributed by atoms with van der Waals surface area (Å²) in [6.07, 6.45) is 0. The lowest BCUT2D eigenvalue weighted by atomic mass is 9.82. The summed E-state index contributed by atoms with van der Waals surface area (Å²) in [7, 11) is 0. The summed E-state index contributed by atoms with van der Waals surface area (Å²) < 4.78 is 0. The van der Waals surface area contributed by atoms with Crippen LogP contribution in [0.2, 0.25) is 0 Å². The van der Waals surface area contributed by atoms with Gasteiger partial charge in [0.2, 0.25) is 0 Å². The van der Waals surface area contributed by atoms with Crippen LogP contribution in [0, 0.1) is 0 Å². The molecule has 0 bridgehead atoms. The Bertz CT molecular complexity index is 2690. The zero-order valence-electron chi connectivity index (χ0n) is 32.6. The van der Waals surface area contributed by atoms with Crippen LogP contribution in [0.15, 0.2) is 204 Å². The van der Waals surface area contributed by atoms with Gasteiger partial charge >= 0.3 is 0 Å². The minimum atomic E-state index is 0.0853. The number of nitrogens with zero attached hydrogens (tertiary/aromatic N) is 2. The van der Waals surface area contributed by atoms with E-state index in [4.69, 9.17) is 0 Å². The van der Waals surface area contributed by atoms with Gasteiger partial charge in [0, 0.05) is 32.5 Å². The van der Waals surface area contributed by atoms with E-state index in [0.717, 1.165) is 0 Å². The summed E-state index contributed by atoms with van der Waals surface area (Å²) >= 11 is 1.85. The number of rotatable bonds is 7. The Morgan fingerprint density at radius 3 is 1.75 bits per heavy atom. The monoisotopic (exact) mass is 752 g/mol. The fourth-order valence-corrected chi connectivity index (χ4v) is 9.73. The van der Waals surface area contributed by atoms with Crippen molar-refractivity contribution >= 4 is 34.5 Å². The van der Waals surface area contributed by atoms with Crippen LogP contribution in [-0.4, -0.2) is 6.67 Å². The minimum Gasteiger partial charge on any atom is -0.321 e. The largest absolute Gasteiger partial charge is 0.321 e. The van der Waals surface area contributed by atoms with E-state index in [2.05, 4.69) is 225 Å². The van der Waals surface area contributed by atoms with Gasteiger partial charge in [0.15, 0.2) is 0 Å². The number of fused-ring (bicyclic) bond motifs is 4. The Balaban J connectivity index is 1.01. The molecule has 0 radical (unpaired) electrons. The molecule has 3 heteroatoms. The lowest BCUT2D eigenvalue weighted by molar-refractivity contribution is 0.589. The van der Waals surface area contributed by atoms with Crippen molar-refractivity contribution < 1.29 is 0 Å². The first-order valence-electron chi connectivity index (χ1n) is 19.9. The summed E-state index contributed by atoms with van der Waals surface area (Å²) in [6, 6.07) is 71.5. The smallest absolute Gasteiger partial charge is 0.100 e. The van der Waals surface area contributed by atoms with Crippen LogP contribution in [0.1, 0.15) is 48.9 Å². The van der Waals surface area contributed by atoms with Gasteiger partial charge in [-0.1, -0.05) is 184 Å². The highest BCUT2D eigenvalue weighted by Gasteiger charge is 2.33. The van der Waals surface area contributed by atoms with Gasteiger partial charge < -0.3 is 9.80 Å². The number of anilines is 4.